The third-order valence-electron chi connectivity index (χ3n) is 4.70. The first-order valence-corrected chi connectivity index (χ1v) is 8.56. The van der Waals surface area contributed by atoms with Gasteiger partial charge in [-0.1, -0.05) is 6.58 Å². The highest BCUT2D eigenvalue weighted by Gasteiger charge is 2.24. The second-order valence-corrected chi connectivity index (χ2v) is 6.58. The monoisotopic (exact) mass is 340 g/mol. The summed E-state index contributed by atoms with van der Waals surface area (Å²) in [5, 5.41) is 12.4. The normalized spacial score (nSPS) is 18.8. The predicted octanol–water partition coefficient (Wildman–Crippen LogP) is 2.58. The van der Waals surface area contributed by atoms with Crippen LogP contribution in [0, 0.1) is 11.3 Å². The molecule has 6 nitrogen and oxygen atoms in total. The number of nitriles is 1. The highest BCUT2D eigenvalue weighted by Crippen LogP contribution is 2.24. The van der Waals surface area contributed by atoms with Crippen LogP contribution in [-0.2, 0) is 0 Å². The van der Waals surface area contributed by atoms with Gasteiger partial charge in [-0.2, -0.15) is 5.26 Å². The number of hydrogen-bond acceptors (Lipinski definition) is 4. The van der Waals surface area contributed by atoms with E-state index in [1.54, 1.807) is 4.90 Å². The van der Waals surface area contributed by atoms with E-state index in [4.69, 9.17) is 5.26 Å². The summed E-state index contributed by atoms with van der Waals surface area (Å²) in [7, 11) is 6.12. The minimum Gasteiger partial charge on any atom is -0.370 e. The molecule has 0 spiro atoms. The molecule has 0 amide bonds. The molecule has 1 fully saturated rings. The number of aliphatic imine (C=N–C) groups is 1. The quantitative estimate of drug-likeness (QED) is 0.659. The zero-order valence-corrected chi connectivity index (χ0v) is 15.6. The first kappa shape index (κ1) is 18.8. The van der Waals surface area contributed by atoms with Gasteiger partial charge < -0.3 is 20.0 Å². The average Bonchev–Trinajstić information content (AvgIpc) is 3.11. The topological polar surface area (TPSA) is 57.9 Å². The van der Waals surface area contributed by atoms with Gasteiger partial charge in [0.05, 0.1) is 6.07 Å². The molecule has 6 heteroatoms. The number of hydrogen-bond donors (Lipinski definition) is 1. The summed E-state index contributed by atoms with van der Waals surface area (Å²) in [6.07, 6.45) is 2.67. The fraction of sp³-hybridized carbons (Fsp3) is 0.474. The Morgan fingerprint density at radius 1 is 1.40 bits per heavy atom. The molecule has 1 heterocycles. The number of nitrogens with zero attached hydrogens (tertiary/aromatic N) is 5. The molecular formula is C19H28N6. The zero-order valence-electron chi connectivity index (χ0n) is 15.6. The molecule has 25 heavy (non-hydrogen) atoms. The second-order valence-electron chi connectivity index (χ2n) is 6.58. The van der Waals surface area contributed by atoms with Gasteiger partial charge in [-0.25, -0.2) is 4.99 Å². The van der Waals surface area contributed by atoms with Crippen LogP contribution in [0.1, 0.15) is 13.3 Å². The average molecular weight is 340 g/mol. The number of nitrogens with one attached hydrogen (secondary N) is 1. The van der Waals surface area contributed by atoms with E-state index >= 15 is 0 Å². The molecule has 1 unspecified atom stereocenters. The van der Waals surface area contributed by atoms with Crippen LogP contribution in [0.25, 0.3) is 0 Å². The summed E-state index contributed by atoms with van der Waals surface area (Å²) < 4.78 is 0. The van der Waals surface area contributed by atoms with E-state index in [0.717, 1.165) is 18.8 Å². The van der Waals surface area contributed by atoms with Gasteiger partial charge in [0.2, 0.25) is 5.96 Å². The molecule has 0 radical (unpaired) electrons. The van der Waals surface area contributed by atoms with Crippen molar-refractivity contribution in [2.75, 3.05) is 44.4 Å². The van der Waals surface area contributed by atoms with E-state index < -0.39 is 0 Å². The van der Waals surface area contributed by atoms with Crippen LogP contribution < -0.4 is 10.2 Å². The number of guanidine groups is 1. The SMILES string of the molecule is C=CN=C(Nc1ccc(N2CC[C@H](N(C)C)C2)cc1)N(C)C(C)C#N. The highest BCUT2D eigenvalue weighted by atomic mass is 15.3. The van der Waals surface area contributed by atoms with Crippen LogP contribution in [0.5, 0.6) is 0 Å². The van der Waals surface area contributed by atoms with Crippen LogP contribution in [0.15, 0.2) is 42.0 Å². The molecule has 1 N–H and O–H groups in total. The molecule has 0 aliphatic carbocycles. The van der Waals surface area contributed by atoms with E-state index in [2.05, 4.69) is 59.0 Å². The molecule has 1 aromatic rings. The minimum atomic E-state index is -0.280. The van der Waals surface area contributed by atoms with Crippen LogP contribution in [0.2, 0.25) is 0 Å². The lowest BCUT2D eigenvalue weighted by Crippen LogP contribution is -2.38. The lowest BCUT2D eigenvalue weighted by molar-refractivity contribution is 0.315. The predicted molar refractivity (Wildman–Crippen MR) is 105 cm³/mol. The summed E-state index contributed by atoms with van der Waals surface area (Å²) in [6, 6.07) is 10.9. The van der Waals surface area contributed by atoms with E-state index in [-0.39, 0.29) is 6.04 Å². The Labute approximate surface area is 151 Å². The van der Waals surface area contributed by atoms with Gasteiger partial charge in [0, 0.05) is 43.8 Å². The van der Waals surface area contributed by atoms with Crippen molar-refractivity contribution in [1.82, 2.24) is 9.80 Å². The van der Waals surface area contributed by atoms with Crippen molar-refractivity contribution < 1.29 is 0 Å². The Morgan fingerprint density at radius 2 is 2.08 bits per heavy atom. The molecule has 1 aliphatic rings. The van der Waals surface area contributed by atoms with Crippen molar-refractivity contribution >= 4 is 17.3 Å². The lowest BCUT2D eigenvalue weighted by atomic mass is 10.2. The van der Waals surface area contributed by atoms with E-state index in [0.29, 0.717) is 12.0 Å². The molecule has 0 bridgehead atoms. The van der Waals surface area contributed by atoms with Crippen molar-refractivity contribution in [2.24, 2.45) is 4.99 Å². The smallest absolute Gasteiger partial charge is 0.203 e. The fourth-order valence-electron chi connectivity index (χ4n) is 2.85. The van der Waals surface area contributed by atoms with Crippen LogP contribution in [0.4, 0.5) is 11.4 Å². The highest BCUT2D eigenvalue weighted by molar-refractivity contribution is 5.94. The Kier molecular flexibility index (Phi) is 6.43. The van der Waals surface area contributed by atoms with Gasteiger partial charge in [-0.05, 0) is 51.7 Å². The molecular weight excluding hydrogens is 312 g/mol. The van der Waals surface area contributed by atoms with Crippen molar-refractivity contribution in [1.29, 1.82) is 5.26 Å². The van der Waals surface area contributed by atoms with Crippen molar-refractivity contribution in [3.8, 4) is 6.07 Å². The fourth-order valence-corrected chi connectivity index (χ4v) is 2.85. The molecule has 1 aliphatic heterocycles. The van der Waals surface area contributed by atoms with Gasteiger partial charge >= 0.3 is 0 Å². The summed E-state index contributed by atoms with van der Waals surface area (Å²) >= 11 is 0. The molecule has 2 rings (SSSR count). The van der Waals surface area contributed by atoms with Gasteiger partial charge in [0.1, 0.15) is 6.04 Å². The van der Waals surface area contributed by atoms with E-state index in [1.807, 2.05) is 26.1 Å². The Hall–Kier alpha value is -2.52. The first-order chi connectivity index (χ1) is 12.0. The molecule has 0 saturated carbocycles. The van der Waals surface area contributed by atoms with Crippen molar-refractivity contribution in [2.45, 2.75) is 25.4 Å². The molecule has 1 saturated heterocycles. The largest absolute Gasteiger partial charge is 0.370 e. The maximum Gasteiger partial charge on any atom is 0.203 e. The van der Waals surface area contributed by atoms with Gasteiger partial charge in [-0.15, -0.1) is 0 Å². The zero-order chi connectivity index (χ0) is 18.4. The lowest BCUT2D eigenvalue weighted by Gasteiger charge is -2.24. The number of benzene rings is 1. The van der Waals surface area contributed by atoms with E-state index in [9.17, 15) is 0 Å². The molecule has 0 aromatic heterocycles. The summed E-state index contributed by atoms with van der Waals surface area (Å²) in [6.45, 7) is 7.63. The van der Waals surface area contributed by atoms with Crippen LogP contribution in [-0.4, -0.2) is 62.1 Å². The van der Waals surface area contributed by atoms with Gasteiger partial charge in [-0.3, -0.25) is 0 Å². The Bertz CT molecular complexity index is 643. The third kappa shape index (κ3) is 4.74. The van der Waals surface area contributed by atoms with Gasteiger partial charge in [0.15, 0.2) is 0 Å². The summed E-state index contributed by atoms with van der Waals surface area (Å²) in [4.78, 5) is 10.7. The number of likely N-dealkylation sites (N-methyl/N-ethyl adjacent to an activating group) is 1. The second kappa shape index (κ2) is 8.54. The van der Waals surface area contributed by atoms with Gasteiger partial charge in [0.25, 0.3) is 0 Å². The summed E-state index contributed by atoms with van der Waals surface area (Å²) in [5.74, 6) is 0.602. The number of rotatable bonds is 5. The standard InChI is InChI=1S/C19H28N6/c1-6-21-19(24(5)15(2)13-20)22-16-7-9-17(10-8-16)25-12-11-18(14-25)23(3)4/h6-10,15,18H,1,11-12,14H2,2-5H3,(H,21,22)/t15?,18-/m0/s1. The Balaban J connectivity index is 2.05. The molecule has 134 valence electrons. The third-order valence-corrected chi connectivity index (χ3v) is 4.70. The molecule has 1 aromatic carbocycles. The first-order valence-electron chi connectivity index (χ1n) is 8.56. The maximum atomic E-state index is 9.10. The van der Waals surface area contributed by atoms with Crippen molar-refractivity contribution in [3.05, 3.63) is 37.0 Å². The Morgan fingerprint density at radius 3 is 2.60 bits per heavy atom. The van der Waals surface area contributed by atoms with Crippen LogP contribution in [0.3, 0.4) is 0 Å². The van der Waals surface area contributed by atoms with E-state index in [1.165, 1.54) is 18.3 Å². The van der Waals surface area contributed by atoms with Crippen molar-refractivity contribution in [3.63, 3.8) is 0 Å². The number of anilines is 2. The van der Waals surface area contributed by atoms with Crippen LogP contribution >= 0.6 is 0 Å². The maximum absolute atomic E-state index is 9.10. The summed E-state index contributed by atoms with van der Waals surface area (Å²) in [5.41, 5.74) is 2.17. The minimum absolute atomic E-state index is 0.280. The molecule has 2 atom stereocenters.